The van der Waals surface area contributed by atoms with Crippen molar-refractivity contribution in [1.29, 1.82) is 0 Å². The zero-order chi connectivity index (χ0) is 20.5. The topological polar surface area (TPSA) is 112 Å². The highest BCUT2D eigenvalue weighted by Gasteiger charge is 2.28. The second kappa shape index (κ2) is 7.34. The predicted octanol–water partition coefficient (Wildman–Crippen LogP) is 2.38. The first-order chi connectivity index (χ1) is 14.0. The van der Waals surface area contributed by atoms with Crippen LogP contribution in [0.25, 0.3) is 11.0 Å². The van der Waals surface area contributed by atoms with Crippen LogP contribution in [0.5, 0.6) is 0 Å². The Kier molecular flexibility index (Phi) is 4.71. The number of benzene rings is 2. The summed E-state index contributed by atoms with van der Waals surface area (Å²) in [5.41, 5.74) is 2.77. The summed E-state index contributed by atoms with van der Waals surface area (Å²) in [6.45, 7) is 3.13. The van der Waals surface area contributed by atoms with E-state index in [2.05, 4.69) is 9.97 Å². The van der Waals surface area contributed by atoms with Gasteiger partial charge >= 0.3 is 0 Å². The standard InChI is InChI=1S/C20H19N5O4/c1-13-15(3-2-4-18(13)25(28)29)20(27)24-9-7-23(8-10-24)19(26)14-5-6-16-17(11-14)22-12-21-16/h2-6,11-12H,7-10H2,1H3,(H,21,22). The van der Waals surface area contributed by atoms with Gasteiger partial charge in [-0.15, -0.1) is 0 Å². The van der Waals surface area contributed by atoms with Gasteiger partial charge in [-0.2, -0.15) is 0 Å². The van der Waals surface area contributed by atoms with Gasteiger partial charge in [0, 0.05) is 48.9 Å². The minimum atomic E-state index is -0.487. The third kappa shape index (κ3) is 3.42. The number of amides is 2. The average Bonchev–Trinajstić information content (AvgIpc) is 3.20. The van der Waals surface area contributed by atoms with Gasteiger partial charge in [0.25, 0.3) is 17.5 Å². The number of fused-ring (bicyclic) bond motifs is 1. The molecule has 3 aromatic rings. The van der Waals surface area contributed by atoms with E-state index in [0.29, 0.717) is 42.9 Å². The largest absolute Gasteiger partial charge is 0.345 e. The summed E-state index contributed by atoms with van der Waals surface area (Å²) in [6.07, 6.45) is 1.58. The molecule has 2 aromatic carbocycles. The number of nitrogens with one attached hydrogen (secondary N) is 1. The van der Waals surface area contributed by atoms with E-state index < -0.39 is 4.92 Å². The number of rotatable bonds is 3. The lowest BCUT2D eigenvalue weighted by Gasteiger charge is -2.35. The van der Waals surface area contributed by atoms with E-state index in [1.165, 1.54) is 12.1 Å². The molecule has 0 aliphatic carbocycles. The Morgan fingerprint density at radius 1 is 1.07 bits per heavy atom. The van der Waals surface area contributed by atoms with Crippen LogP contribution in [0.4, 0.5) is 5.69 Å². The molecule has 9 nitrogen and oxygen atoms in total. The van der Waals surface area contributed by atoms with Crippen molar-refractivity contribution >= 4 is 28.5 Å². The predicted molar refractivity (Wildman–Crippen MR) is 106 cm³/mol. The van der Waals surface area contributed by atoms with Crippen LogP contribution in [0.1, 0.15) is 26.3 Å². The number of piperazine rings is 1. The Labute approximate surface area is 166 Å². The van der Waals surface area contributed by atoms with Crippen LogP contribution >= 0.6 is 0 Å². The van der Waals surface area contributed by atoms with Crippen LogP contribution in [-0.4, -0.2) is 62.7 Å². The maximum absolute atomic E-state index is 12.8. The number of imidazole rings is 1. The van der Waals surface area contributed by atoms with Crippen LogP contribution in [0.15, 0.2) is 42.7 Å². The minimum Gasteiger partial charge on any atom is -0.345 e. The van der Waals surface area contributed by atoms with Crippen molar-refractivity contribution in [3.8, 4) is 0 Å². The van der Waals surface area contributed by atoms with Gasteiger partial charge in [0.2, 0.25) is 0 Å². The zero-order valence-electron chi connectivity index (χ0n) is 15.8. The molecule has 0 spiro atoms. The lowest BCUT2D eigenvalue weighted by Crippen LogP contribution is -2.50. The molecule has 0 atom stereocenters. The molecule has 1 aromatic heterocycles. The molecule has 0 unspecified atom stereocenters. The molecule has 29 heavy (non-hydrogen) atoms. The Morgan fingerprint density at radius 3 is 2.45 bits per heavy atom. The van der Waals surface area contributed by atoms with Gasteiger partial charge in [-0.1, -0.05) is 6.07 Å². The fraction of sp³-hybridized carbons (Fsp3) is 0.250. The number of carbonyl (C=O) groups is 2. The summed E-state index contributed by atoms with van der Waals surface area (Å²) in [5.74, 6) is -0.350. The van der Waals surface area contributed by atoms with Gasteiger partial charge in [-0.3, -0.25) is 19.7 Å². The van der Waals surface area contributed by atoms with Crippen molar-refractivity contribution in [3.05, 3.63) is 69.5 Å². The van der Waals surface area contributed by atoms with Crippen molar-refractivity contribution in [2.24, 2.45) is 0 Å². The molecule has 9 heteroatoms. The number of aromatic amines is 1. The molecule has 1 saturated heterocycles. The highest BCUT2D eigenvalue weighted by molar-refractivity contribution is 5.98. The molecular formula is C20H19N5O4. The quantitative estimate of drug-likeness (QED) is 0.542. The van der Waals surface area contributed by atoms with Crippen LogP contribution < -0.4 is 0 Å². The van der Waals surface area contributed by atoms with Crippen molar-refractivity contribution < 1.29 is 14.5 Å². The van der Waals surface area contributed by atoms with Crippen LogP contribution in [0.3, 0.4) is 0 Å². The van der Waals surface area contributed by atoms with Gasteiger partial charge in [-0.25, -0.2) is 4.98 Å². The van der Waals surface area contributed by atoms with Crippen LogP contribution in [-0.2, 0) is 0 Å². The number of carbonyl (C=O) groups excluding carboxylic acids is 2. The number of H-pyrrole nitrogens is 1. The van der Waals surface area contributed by atoms with Gasteiger partial charge in [-0.05, 0) is 31.2 Å². The van der Waals surface area contributed by atoms with Crippen LogP contribution in [0.2, 0.25) is 0 Å². The molecule has 2 heterocycles. The van der Waals surface area contributed by atoms with E-state index in [9.17, 15) is 19.7 Å². The lowest BCUT2D eigenvalue weighted by molar-refractivity contribution is -0.385. The van der Waals surface area contributed by atoms with Crippen molar-refractivity contribution in [2.45, 2.75) is 6.92 Å². The Bertz CT molecular complexity index is 1120. The van der Waals surface area contributed by atoms with Crippen LogP contribution in [0, 0.1) is 17.0 Å². The van der Waals surface area contributed by atoms with Gasteiger partial charge in [0.1, 0.15) is 0 Å². The molecule has 1 aliphatic heterocycles. The Morgan fingerprint density at radius 2 is 1.76 bits per heavy atom. The smallest absolute Gasteiger partial charge is 0.273 e. The van der Waals surface area contributed by atoms with E-state index in [1.807, 2.05) is 0 Å². The highest BCUT2D eigenvalue weighted by Crippen LogP contribution is 2.23. The molecule has 0 radical (unpaired) electrons. The summed E-state index contributed by atoms with van der Waals surface area (Å²) in [7, 11) is 0. The normalized spacial score (nSPS) is 14.2. The molecule has 0 saturated carbocycles. The number of hydrogen-bond acceptors (Lipinski definition) is 5. The summed E-state index contributed by atoms with van der Waals surface area (Å²) in [4.78, 5) is 46.8. The number of nitro benzene ring substituents is 1. The van der Waals surface area contributed by atoms with Crippen molar-refractivity contribution in [3.63, 3.8) is 0 Å². The summed E-state index contributed by atoms with van der Waals surface area (Å²) < 4.78 is 0. The van der Waals surface area contributed by atoms with Gasteiger partial charge < -0.3 is 14.8 Å². The summed E-state index contributed by atoms with van der Waals surface area (Å²) >= 11 is 0. The van der Waals surface area contributed by atoms with Gasteiger partial charge in [0.05, 0.1) is 22.3 Å². The van der Waals surface area contributed by atoms with Crippen molar-refractivity contribution in [2.75, 3.05) is 26.2 Å². The number of nitro groups is 1. The summed E-state index contributed by atoms with van der Waals surface area (Å²) in [5, 5.41) is 11.1. The fourth-order valence-corrected chi connectivity index (χ4v) is 3.59. The molecule has 4 rings (SSSR count). The SMILES string of the molecule is Cc1c(C(=O)N2CCN(C(=O)c3ccc4nc[nH]c4c3)CC2)cccc1[N+](=O)[O-]. The number of hydrogen-bond donors (Lipinski definition) is 1. The molecule has 0 bridgehead atoms. The third-order valence-electron chi connectivity index (χ3n) is 5.25. The maximum Gasteiger partial charge on any atom is 0.273 e. The Balaban J connectivity index is 1.45. The molecule has 1 aliphatic rings. The fourth-order valence-electron chi connectivity index (χ4n) is 3.59. The minimum absolute atomic E-state index is 0.0705. The average molecular weight is 393 g/mol. The molecule has 1 N–H and O–H groups in total. The second-order valence-electron chi connectivity index (χ2n) is 6.93. The maximum atomic E-state index is 12.8. The first-order valence-corrected chi connectivity index (χ1v) is 9.21. The summed E-state index contributed by atoms with van der Waals surface area (Å²) in [6, 6.07) is 9.82. The third-order valence-corrected chi connectivity index (χ3v) is 5.25. The first-order valence-electron chi connectivity index (χ1n) is 9.21. The van der Waals surface area contributed by atoms with E-state index in [4.69, 9.17) is 0 Å². The van der Waals surface area contributed by atoms with E-state index in [0.717, 1.165) is 11.0 Å². The second-order valence-corrected chi connectivity index (χ2v) is 6.93. The van der Waals surface area contributed by atoms with E-state index in [1.54, 1.807) is 47.3 Å². The first kappa shape index (κ1) is 18.6. The van der Waals surface area contributed by atoms with E-state index >= 15 is 0 Å². The molecule has 1 fully saturated rings. The highest BCUT2D eigenvalue weighted by atomic mass is 16.6. The lowest BCUT2D eigenvalue weighted by atomic mass is 10.1. The molecular weight excluding hydrogens is 374 g/mol. The van der Waals surface area contributed by atoms with Gasteiger partial charge in [0.15, 0.2) is 0 Å². The monoisotopic (exact) mass is 393 g/mol. The molecule has 2 amide bonds. The molecule has 148 valence electrons. The van der Waals surface area contributed by atoms with E-state index in [-0.39, 0.29) is 17.5 Å². The Hall–Kier alpha value is -3.75. The number of aromatic nitrogens is 2. The van der Waals surface area contributed by atoms with Crippen molar-refractivity contribution in [1.82, 2.24) is 19.8 Å². The number of nitrogens with zero attached hydrogens (tertiary/aromatic N) is 4. The zero-order valence-corrected chi connectivity index (χ0v) is 15.8.